The summed E-state index contributed by atoms with van der Waals surface area (Å²) in [6.07, 6.45) is 66.3. The van der Waals surface area contributed by atoms with Crippen molar-refractivity contribution in [3.05, 3.63) is 97.2 Å². The Labute approximate surface area is 400 Å². The summed E-state index contributed by atoms with van der Waals surface area (Å²) in [5, 5.41) is 13.9. The van der Waals surface area contributed by atoms with E-state index in [-0.39, 0.29) is 19.1 Å². The minimum Gasteiger partial charge on any atom is -0.387 e. The predicted molar refractivity (Wildman–Crippen MR) is 281 cm³/mol. The lowest BCUT2D eigenvalue weighted by atomic mass is 10.1. The number of allylic oxidation sites excluding steroid dienone is 15. The predicted octanol–water partition coefficient (Wildman–Crippen LogP) is 15.5. The van der Waals surface area contributed by atoms with Gasteiger partial charge in [0.05, 0.1) is 39.9 Å². The van der Waals surface area contributed by atoms with Crippen LogP contribution in [0.4, 0.5) is 0 Å². The summed E-state index contributed by atoms with van der Waals surface area (Å²) >= 11 is 0. The number of likely N-dealkylation sites (N-methyl/N-ethyl adjacent to an activating group) is 1. The molecule has 0 aliphatic carbocycles. The number of nitrogens with zero attached hydrogens (tertiary/aromatic N) is 1. The summed E-state index contributed by atoms with van der Waals surface area (Å²) in [7, 11) is 1.52. The van der Waals surface area contributed by atoms with Crippen molar-refractivity contribution < 1.29 is 32.9 Å². The number of phosphoric ester groups is 1. The van der Waals surface area contributed by atoms with E-state index in [0.29, 0.717) is 17.4 Å². The van der Waals surface area contributed by atoms with Gasteiger partial charge in [0.25, 0.3) is 0 Å². The zero-order valence-corrected chi connectivity index (χ0v) is 43.3. The van der Waals surface area contributed by atoms with Crippen molar-refractivity contribution in [3.8, 4) is 0 Å². The number of aliphatic hydroxyl groups is 1. The third kappa shape index (κ3) is 49.2. The molecule has 0 saturated heterocycles. The van der Waals surface area contributed by atoms with Gasteiger partial charge in [-0.15, -0.1) is 0 Å². The van der Waals surface area contributed by atoms with Crippen LogP contribution in [0.3, 0.4) is 0 Å². The quantitative estimate of drug-likeness (QED) is 0.0243. The maximum Gasteiger partial charge on any atom is 0.472 e. The van der Waals surface area contributed by atoms with E-state index in [0.717, 1.165) is 89.9 Å². The fourth-order valence-electron chi connectivity index (χ4n) is 6.92. The first kappa shape index (κ1) is 62.4. The molecule has 0 radical (unpaired) electrons. The number of hydrogen-bond acceptors (Lipinski definition) is 5. The summed E-state index contributed by atoms with van der Waals surface area (Å²) < 4.78 is 23.6. The first-order valence-corrected chi connectivity index (χ1v) is 27.6. The zero-order valence-electron chi connectivity index (χ0n) is 42.4. The lowest BCUT2D eigenvalue weighted by molar-refractivity contribution is -0.870. The van der Waals surface area contributed by atoms with Gasteiger partial charge in [0.15, 0.2) is 0 Å². The fourth-order valence-corrected chi connectivity index (χ4v) is 7.66. The summed E-state index contributed by atoms with van der Waals surface area (Å²) in [6.45, 7) is 4.65. The number of nitrogens with one attached hydrogen (secondary N) is 1. The molecule has 0 aliphatic rings. The molecule has 0 aromatic rings. The second-order valence-electron chi connectivity index (χ2n) is 18.5. The van der Waals surface area contributed by atoms with Crippen molar-refractivity contribution in [2.75, 3.05) is 40.9 Å². The lowest BCUT2D eigenvalue weighted by Crippen LogP contribution is -2.45. The highest BCUT2D eigenvalue weighted by atomic mass is 31.2. The Hall–Kier alpha value is -2.58. The third-order valence-electron chi connectivity index (χ3n) is 11.0. The zero-order chi connectivity index (χ0) is 47.8. The second-order valence-corrected chi connectivity index (χ2v) is 19.9. The fraction of sp³-hybridized carbons (Fsp3) is 0.696. The Morgan fingerprint density at radius 1 is 0.538 bits per heavy atom. The van der Waals surface area contributed by atoms with E-state index in [1.54, 1.807) is 6.08 Å². The smallest absolute Gasteiger partial charge is 0.387 e. The summed E-state index contributed by atoms with van der Waals surface area (Å²) in [4.78, 5) is 23.2. The molecule has 374 valence electrons. The number of carbonyl (C=O) groups is 1. The molecule has 3 N–H and O–H groups in total. The van der Waals surface area contributed by atoms with Crippen LogP contribution in [0.2, 0.25) is 0 Å². The Kier molecular flexibility index (Phi) is 44.7. The molecule has 8 nitrogen and oxygen atoms in total. The minimum absolute atomic E-state index is 0.0459. The van der Waals surface area contributed by atoms with Crippen LogP contribution in [-0.4, -0.2) is 73.4 Å². The Bertz CT molecular complexity index is 1370. The highest BCUT2D eigenvalue weighted by Crippen LogP contribution is 2.43. The van der Waals surface area contributed by atoms with Crippen LogP contribution in [0.25, 0.3) is 0 Å². The molecule has 0 bridgehead atoms. The van der Waals surface area contributed by atoms with Gasteiger partial charge < -0.3 is 19.8 Å². The summed E-state index contributed by atoms with van der Waals surface area (Å²) in [5.41, 5.74) is 0. The van der Waals surface area contributed by atoms with Crippen LogP contribution < -0.4 is 5.32 Å². The highest BCUT2D eigenvalue weighted by molar-refractivity contribution is 7.47. The Morgan fingerprint density at radius 3 is 1.42 bits per heavy atom. The molecule has 0 fully saturated rings. The molecular weight excluding hydrogens is 828 g/mol. The van der Waals surface area contributed by atoms with Crippen LogP contribution in [0.1, 0.15) is 200 Å². The molecule has 0 heterocycles. The van der Waals surface area contributed by atoms with Crippen molar-refractivity contribution in [2.45, 2.75) is 212 Å². The largest absolute Gasteiger partial charge is 0.472 e. The van der Waals surface area contributed by atoms with E-state index in [4.69, 9.17) is 9.05 Å². The molecule has 0 rings (SSSR count). The monoisotopic (exact) mass is 928 g/mol. The number of aliphatic hydroxyl groups excluding tert-OH is 1. The van der Waals surface area contributed by atoms with E-state index in [1.807, 2.05) is 27.2 Å². The number of hydrogen-bond donors (Lipinski definition) is 3. The van der Waals surface area contributed by atoms with Gasteiger partial charge in [-0.25, -0.2) is 4.57 Å². The van der Waals surface area contributed by atoms with Gasteiger partial charge in [0.2, 0.25) is 5.91 Å². The van der Waals surface area contributed by atoms with Crippen molar-refractivity contribution in [1.82, 2.24) is 5.32 Å². The van der Waals surface area contributed by atoms with Gasteiger partial charge in [-0.2, -0.15) is 0 Å². The normalized spacial score (nSPS) is 14.9. The molecule has 9 heteroatoms. The van der Waals surface area contributed by atoms with Crippen LogP contribution in [0, 0.1) is 0 Å². The summed E-state index contributed by atoms with van der Waals surface area (Å²) in [6, 6.07) is -0.883. The average Bonchev–Trinajstić information content (AvgIpc) is 3.26. The number of carbonyl (C=O) groups excluding carboxylic acids is 1. The number of unbranched alkanes of at least 4 members (excludes halogenated alkanes) is 19. The summed E-state index contributed by atoms with van der Waals surface area (Å²) in [5.74, 6) is -0.206. The van der Waals surface area contributed by atoms with E-state index < -0.39 is 20.0 Å². The maximum atomic E-state index is 12.9. The van der Waals surface area contributed by atoms with Gasteiger partial charge in [-0.3, -0.25) is 13.8 Å². The molecule has 65 heavy (non-hydrogen) atoms. The standard InChI is InChI=1S/C56H99N2O6P/c1-6-8-10-12-14-16-18-20-22-24-26-28-29-30-32-34-36-38-40-42-44-46-48-50-56(60)57-54(53-64-65(61,62)63-52-51-58(3,4)5)55(59)49-47-45-43-41-39-37-35-33-31-27-25-23-21-19-17-15-13-11-9-7-2/h8,10,14,16,20,22,26,28,30-33,39,41,47,49,54-55,59H,6-7,9,11-13,15,17-19,21,23-25,27,29,34-38,40,42-46,48,50-53H2,1-5H3,(H-,57,60,61,62)/p+1/b10-8-,16-14-,22-20-,28-26-,32-30-,33-31+,41-39+,49-47+. The van der Waals surface area contributed by atoms with Gasteiger partial charge in [0.1, 0.15) is 13.2 Å². The topological polar surface area (TPSA) is 105 Å². The highest BCUT2D eigenvalue weighted by Gasteiger charge is 2.27. The molecule has 0 aromatic carbocycles. The Balaban J connectivity index is 4.42. The third-order valence-corrected chi connectivity index (χ3v) is 12.0. The number of rotatable bonds is 46. The number of amides is 1. The van der Waals surface area contributed by atoms with Crippen LogP contribution >= 0.6 is 7.82 Å². The second kappa shape index (κ2) is 46.5. The molecular formula is C56H100N2O6P+. The van der Waals surface area contributed by atoms with Gasteiger partial charge in [-0.1, -0.05) is 201 Å². The van der Waals surface area contributed by atoms with Crippen LogP contribution in [-0.2, 0) is 18.4 Å². The van der Waals surface area contributed by atoms with Gasteiger partial charge >= 0.3 is 7.82 Å². The number of quaternary nitrogens is 1. The molecule has 3 atom stereocenters. The van der Waals surface area contributed by atoms with Crippen LogP contribution in [0.15, 0.2) is 97.2 Å². The van der Waals surface area contributed by atoms with Crippen molar-refractivity contribution >= 4 is 13.7 Å². The molecule has 0 aliphatic heterocycles. The Morgan fingerprint density at radius 2 is 0.938 bits per heavy atom. The van der Waals surface area contributed by atoms with Gasteiger partial charge in [-0.05, 0) is 89.9 Å². The minimum atomic E-state index is -4.37. The van der Waals surface area contributed by atoms with Crippen molar-refractivity contribution in [2.24, 2.45) is 0 Å². The molecule has 3 unspecified atom stereocenters. The van der Waals surface area contributed by atoms with Crippen LogP contribution in [0.5, 0.6) is 0 Å². The first-order chi connectivity index (χ1) is 31.5. The molecule has 0 aromatic heterocycles. The molecule has 0 spiro atoms. The van der Waals surface area contributed by atoms with E-state index in [1.165, 1.54) is 89.9 Å². The number of phosphoric acid groups is 1. The van der Waals surface area contributed by atoms with E-state index in [9.17, 15) is 19.4 Å². The average molecular weight is 928 g/mol. The van der Waals surface area contributed by atoms with E-state index >= 15 is 0 Å². The first-order valence-electron chi connectivity index (χ1n) is 26.1. The molecule has 0 saturated carbocycles. The SMILES string of the molecule is CC/C=C\C/C=C\C/C=C\C/C=C\C/C=C\CCCCCCCCCC(=O)NC(COP(=O)(O)OCC[N+](C)(C)C)C(O)/C=C/CC/C=C/CC/C=C/CCCCCCCCCCCC. The maximum absolute atomic E-state index is 12.9. The van der Waals surface area contributed by atoms with Crippen molar-refractivity contribution in [1.29, 1.82) is 0 Å². The van der Waals surface area contributed by atoms with Gasteiger partial charge in [0, 0.05) is 6.42 Å². The van der Waals surface area contributed by atoms with E-state index in [2.05, 4.69) is 104 Å². The van der Waals surface area contributed by atoms with Crippen molar-refractivity contribution in [3.63, 3.8) is 0 Å². The molecule has 1 amide bonds. The lowest BCUT2D eigenvalue weighted by Gasteiger charge is -2.25.